The SMILES string of the molecule is S=C(Nc1ccc(Cl)cc1Cl)Nc1cccc2c(NC(=S)Nc3ccc(Cl)cc3Cl)cccc12. The first-order valence-electron chi connectivity index (χ1n) is 9.88. The highest BCUT2D eigenvalue weighted by atomic mass is 35.5. The molecule has 0 saturated heterocycles. The van der Waals surface area contributed by atoms with Gasteiger partial charge in [0.1, 0.15) is 0 Å². The lowest BCUT2D eigenvalue weighted by Gasteiger charge is -2.16. The molecule has 0 spiro atoms. The highest BCUT2D eigenvalue weighted by molar-refractivity contribution is 7.81. The molecule has 4 aromatic rings. The molecule has 10 heteroatoms. The van der Waals surface area contributed by atoms with Crippen LogP contribution >= 0.6 is 70.8 Å². The van der Waals surface area contributed by atoms with Crippen LogP contribution in [0.2, 0.25) is 20.1 Å². The Kier molecular flexibility index (Phi) is 7.99. The second-order valence-electron chi connectivity index (χ2n) is 7.11. The van der Waals surface area contributed by atoms with Crippen molar-refractivity contribution in [3.8, 4) is 0 Å². The maximum absolute atomic E-state index is 6.24. The summed E-state index contributed by atoms with van der Waals surface area (Å²) in [7, 11) is 0. The van der Waals surface area contributed by atoms with Crippen molar-refractivity contribution < 1.29 is 0 Å². The lowest BCUT2D eigenvalue weighted by molar-refractivity contribution is 1.60. The third-order valence-electron chi connectivity index (χ3n) is 4.78. The zero-order valence-electron chi connectivity index (χ0n) is 17.3. The van der Waals surface area contributed by atoms with Gasteiger partial charge < -0.3 is 21.3 Å². The fraction of sp³-hybridized carbons (Fsp3) is 0. The van der Waals surface area contributed by atoms with Crippen LogP contribution in [0.1, 0.15) is 0 Å². The third kappa shape index (κ3) is 6.02. The Morgan fingerprint density at radius 1 is 0.500 bits per heavy atom. The largest absolute Gasteiger partial charge is 0.332 e. The van der Waals surface area contributed by atoms with E-state index < -0.39 is 0 Å². The average molecular weight is 566 g/mol. The summed E-state index contributed by atoms with van der Waals surface area (Å²) in [6, 6.07) is 22.0. The third-order valence-corrected chi connectivity index (χ3v) is 6.28. The molecule has 4 nitrogen and oxygen atoms in total. The molecule has 4 aromatic carbocycles. The molecule has 0 bridgehead atoms. The molecule has 0 atom stereocenters. The molecule has 0 aliphatic rings. The van der Waals surface area contributed by atoms with Crippen LogP contribution in [0.3, 0.4) is 0 Å². The van der Waals surface area contributed by atoms with Crippen molar-refractivity contribution in [2.45, 2.75) is 0 Å². The smallest absolute Gasteiger partial charge is 0.175 e. The summed E-state index contributed by atoms with van der Waals surface area (Å²) in [5, 5.41) is 17.4. The standard InChI is InChI=1S/C24H16Cl4N4S2/c25-13-7-9-21(17(27)11-13)31-23(33)29-19-5-1-3-15-16(19)4-2-6-20(15)30-24(34)32-22-10-8-14(26)12-18(22)28/h1-12H,(H2,29,31,33)(H2,30,32,34). The first-order valence-corrected chi connectivity index (χ1v) is 12.2. The van der Waals surface area contributed by atoms with E-state index in [4.69, 9.17) is 70.8 Å². The van der Waals surface area contributed by atoms with E-state index in [0.717, 1.165) is 22.1 Å². The van der Waals surface area contributed by atoms with Gasteiger partial charge in [-0.15, -0.1) is 0 Å². The van der Waals surface area contributed by atoms with Crippen LogP contribution in [0, 0.1) is 0 Å². The highest BCUT2D eigenvalue weighted by Gasteiger charge is 2.10. The molecule has 0 fully saturated rings. The van der Waals surface area contributed by atoms with Gasteiger partial charge in [-0.05, 0) is 73.0 Å². The van der Waals surface area contributed by atoms with E-state index in [1.807, 2.05) is 36.4 Å². The number of rotatable bonds is 4. The predicted molar refractivity (Wildman–Crippen MR) is 157 cm³/mol. The van der Waals surface area contributed by atoms with Crippen molar-refractivity contribution in [2.75, 3.05) is 21.3 Å². The Balaban J connectivity index is 1.52. The van der Waals surface area contributed by atoms with E-state index in [2.05, 4.69) is 21.3 Å². The second kappa shape index (κ2) is 11.0. The highest BCUT2D eigenvalue weighted by Crippen LogP contribution is 2.31. The van der Waals surface area contributed by atoms with E-state index in [9.17, 15) is 0 Å². The number of thiocarbonyl (C=S) groups is 2. The second-order valence-corrected chi connectivity index (χ2v) is 9.62. The van der Waals surface area contributed by atoms with Crippen LogP contribution in [0.5, 0.6) is 0 Å². The molecule has 0 amide bonds. The number of halogens is 4. The number of hydrogen-bond donors (Lipinski definition) is 4. The van der Waals surface area contributed by atoms with Crippen LogP contribution in [-0.4, -0.2) is 10.2 Å². The summed E-state index contributed by atoms with van der Waals surface area (Å²) in [5.74, 6) is 0. The molecule has 0 heterocycles. The fourth-order valence-electron chi connectivity index (χ4n) is 3.26. The summed E-state index contributed by atoms with van der Waals surface area (Å²) in [5.41, 5.74) is 2.96. The fourth-order valence-corrected chi connectivity index (χ4v) is 4.61. The normalized spacial score (nSPS) is 10.6. The summed E-state index contributed by atoms with van der Waals surface area (Å²) in [4.78, 5) is 0. The molecular weight excluding hydrogens is 550 g/mol. The molecule has 172 valence electrons. The van der Waals surface area contributed by atoms with Gasteiger partial charge in [-0.25, -0.2) is 0 Å². The number of hydrogen-bond acceptors (Lipinski definition) is 2. The van der Waals surface area contributed by atoms with Gasteiger partial charge in [-0.1, -0.05) is 70.7 Å². The van der Waals surface area contributed by atoms with Gasteiger partial charge in [0.05, 0.1) is 21.4 Å². The molecule has 4 N–H and O–H groups in total. The summed E-state index contributed by atoms with van der Waals surface area (Å²) < 4.78 is 0. The maximum Gasteiger partial charge on any atom is 0.175 e. The van der Waals surface area contributed by atoms with Crippen molar-refractivity contribution in [3.05, 3.63) is 92.9 Å². The van der Waals surface area contributed by atoms with Crippen LogP contribution in [0.4, 0.5) is 22.7 Å². The molecule has 0 aliphatic carbocycles. The topological polar surface area (TPSA) is 48.1 Å². The van der Waals surface area contributed by atoms with Gasteiger partial charge in [0.25, 0.3) is 0 Å². The number of anilines is 4. The van der Waals surface area contributed by atoms with Crippen molar-refractivity contribution in [2.24, 2.45) is 0 Å². The minimum Gasteiger partial charge on any atom is -0.332 e. The first-order chi connectivity index (χ1) is 16.3. The Bertz CT molecular complexity index is 1300. The van der Waals surface area contributed by atoms with E-state index in [-0.39, 0.29) is 0 Å². The average Bonchev–Trinajstić information content (AvgIpc) is 2.78. The zero-order valence-corrected chi connectivity index (χ0v) is 21.9. The van der Waals surface area contributed by atoms with E-state index in [1.54, 1.807) is 36.4 Å². The maximum atomic E-state index is 6.24. The molecule has 0 aromatic heterocycles. The van der Waals surface area contributed by atoms with Crippen LogP contribution in [0.15, 0.2) is 72.8 Å². The van der Waals surface area contributed by atoms with Crippen molar-refractivity contribution >= 4 is 115 Å². The van der Waals surface area contributed by atoms with Gasteiger partial charge in [0.15, 0.2) is 10.2 Å². The lowest BCUT2D eigenvalue weighted by Crippen LogP contribution is -2.20. The van der Waals surface area contributed by atoms with Crippen LogP contribution < -0.4 is 21.3 Å². The molecular formula is C24H16Cl4N4S2. The van der Waals surface area contributed by atoms with Gasteiger partial charge in [0, 0.05) is 32.2 Å². The Labute approximate surface area is 227 Å². The summed E-state index contributed by atoms with van der Waals surface area (Å²) in [6.45, 7) is 0. The minimum atomic E-state index is 0.393. The van der Waals surface area contributed by atoms with Crippen LogP contribution in [0.25, 0.3) is 10.8 Å². The molecule has 0 saturated carbocycles. The molecule has 0 aliphatic heterocycles. The quantitative estimate of drug-likeness (QED) is 0.185. The Morgan fingerprint density at radius 3 is 1.26 bits per heavy atom. The predicted octanol–water partition coefficient (Wildman–Crippen LogP) is 9.07. The molecule has 0 unspecified atom stereocenters. The molecule has 4 rings (SSSR count). The number of nitrogens with one attached hydrogen (secondary N) is 4. The monoisotopic (exact) mass is 564 g/mol. The minimum absolute atomic E-state index is 0.393. The Hall–Kier alpha value is -2.32. The molecule has 34 heavy (non-hydrogen) atoms. The van der Waals surface area contributed by atoms with E-state index >= 15 is 0 Å². The first kappa shape index (κ1) is 24.8. The number of fused-ring (bicyclic) bond motifs is 1. The Morgan fingerprint density at radius 2 is 0.882 bits per heavy atom. The van der Waals surface area contributed by atoms with Crippen LogP contribution in [-0.2, 0) is 0 Å². The lowest BCUT2D eigenvalue weighted by atomic mass is 10.1. The van der Waals surface area contributed by atoms with E-state index in [0.29, 0.717) is 41.7 Å². The van der Waals surface area contributed by atoms with Crippen molar-refractivity contribution in [3.63, 3.8) is 0 Å². The molecule has 0 radical (unpaired) electrons. The number of benzene rings is 4. The van der Waals surface area contributed by atoms with Crippen molar-refractivity contribution in [1.82, 2.24) is 0 Å². The van der Waals surface area contributed by atoms with E-state index in [1.165, 1.54) is 0 Å². The summed E-state index contributed by atoms with van der Waals surface area (Å²) in [6.07, 6.45) is 0. The van der Waals surface area contributed by atoms with Gasteiger partial charge in [-0.2, -0.15) is 0 Å². The van der Waals surface area contributed by atoms with Gasteiger partial charge in [0.2, 0.25) is 0 Å². The van der Waals surface area contributed by atoms with Crippen molar-refractivity contribution in [1.29, 1.82) is 0 Å². The van der Waals surface area contributed by atoms with Gasteiger partial charge >= 0.3 is 0 Å². The zero-order chi connectivity index (χ0) is 24.2. The summed E-state index contributed by atoms with van der Waals surface area (Å²) >= 11 is 35.4. The van der Waals surface area contributed by atoms with Gasteiger partial charge in [-0.3, -0.25) is 0 Å².